The number of H-pyrrole nitrogens is 1. The van der Waals surface area contributed by atoms with Gasteiger partial charge >= 0.3 is 0 Å². The third-order valence-electron chi connectivity index (χ3n) is 3.98. The van der Waals surface area contributed by atoms with E-state index >= 15 is 0 Å². The van der Waals surface area contributed by atoms with E-state index in [4.69, 9.17) is 5.73 Å². The summed E-state index contributed by atoms with van der Waals surface area (Å²) < 4.78 is 1.79. The van der Waals surface area contributed by atoms with Gasteiger partial charge in [0.15, 0.2) is 5.82 Å². The topological polar surface area (TPSA) is 72.5 Å². The highest BCUT2D eigenvalue weighted by atomic mass is 15.3. The van der Waals surface area contributed by atoms with Crippen molar-refractivity contribution in [1.82, 2.24) is 19.7 Å². The van der Waals surface area contributed by atoms with Crippen molar-refractivity contribution < 1.29 is 0 Å². The molecule has 0 aliphatic heterocycles. The number of pyridine rings is 1. The second-order valence-corrected chi connectivity index (χ2v) is 5.47. The van der Waals surface area contributed by atoms with Gasteiger partial charge in [-0.2, -0.15) is 5.10 Å². The minimum absolute atomic E-state index is 0.648. The molecule has 0 aliphatic carbocycles. The minimum atomic E-state index is 0.648. The fourth-order valence-corrected chi connectivity index (χ4v) is 2.81. The van der Waals surface area contributed by atoms with E-state index in [1.165, 1.54) is 10.9 Å². The first-order chi connectivity index (χ1) is 11.3. The second kappa shape index (κ2) is 5.70. The Bertz CT molecular complexity index is 936. The molecule has 0 saturated carbocycles. The van der Waals surface area contributed by atoms with Crippen molar-refractivity contribution in [1.29, 1.82) is 0 Å². The smallest absolute Gasteiger partial charge is 0.153 e. The number of rotatable bonds is 4. The average Bonchev–Trinajstić information content (AvgIpc) is 3.23. The molecule has 5 heteroatoms. The molecule has 4 aromatic rings. The maximum absolute atomic E-state index is 5.69. The van der Waals surface area contributed by atoms with Crippen molar-refractivity contribution in [2.24, 2.45) is 5.73 Å². The highest BCUT2D eigenvalue weighted by molar-refractivity contribution is 5.87. The number of hydrogen-bond acceptors (Lipinski definition) is 3. The third kappa shape index (κ3) is 2.51. The zero-order valence-corrected chi connectivity index (χ0v) is 12.6. The number of nitrogens with one attached hydrogen (secondary N) is 1. The fraction of sp³-hybridized carbons (Fsp3) is 0.111. The van der Waals surface area contributed by atoms with E-state index in [-0.39, 0.29) is 0 Å². The van der Waals surface area contributed by atoms with Crippen LogP contribution in [0.2, 0.25) is 0 Å². The fourth-order valence-electron chi connectivity index (χ4n) is 2.81. The van der Waals surface area contributed by atoms with Crippen LogP contribution in [0.15, 0.2) is 61.2 Å². The summed E-state index contributed by atoms with van der Waals surface area (Å²) in [5.41, 5.74) is 10.3. The van der Waals surface area contributed by atoms with E-state index in [1.54, 1.807) is 10.9 Å². The first-order valence-electron chi connectivity index (χ1n) is 7.62. The Labute approximate surface area is 133 Å². The Morgan fingerprint density at radius 3 is 2.91 bits per heavy atom. The molecule has 0 saturated heterocycles. The van der Waals surface area contributed by atoms with Crippen LogP contribution in [0, 0.1) is 0 Å². The summed E-state index contributed by atoms with van der Waals surface area (Å²) in [5.74, 6) is 0.810. The van der Waals surface area contributed by atoms with Crippen molar-refractivity contribution in [3.63, 3.8) is 0 Å². The number of aromatic nitrogens is 4. The van der Waals surface area contributed by atoms with Crippen molar-refractivity contribution in [2.75, 3.05) is 6.54 Å². The van der Waals surface area contributed by atoms with Gasteiger partial charge in [0, 0.05) is 35.1 Å². The molecule has 4 rings (SSSR count). The van der Waals surface area contributed by atoms with E-state index < -0.39 is 0 Å². The number of fused-ring (bicyclic) bond motifs is 1. The molecule has 3 aromatic heterocycles. The number of nitrogens with two attached hydrogens (primary N) is 1. The molecule has 0 fully saturated rings. The van der Waals surface area contributed by atoms with Crippen LogP contribution in [0.1, 0.15) is 5.56 Å². The highest BCUT2D eigenvalue weighted by Crippen LogP contribution is 2.26. The van der Waals surface area contributed by atoms with Crippen molar-refractivity contribution >= 4 is 10.9 Å². The van der Waals surface area contributed by atoms with E-state index in [9.17, 15) is 0 Å². The molecule has 0 spiro atoms. The molecule has 1 aromatic carbocycles. The van der Waals surface area contributed by atoms with E-state index in [0.717, 1.165) is 28.9 Å². The molecule has 114 valence electrons. The quantitative estimate of drug-likeness (QED) is 0.609. The maximum Gasteiger partial charge on any atom is 0.153 e. The van der Waals surface area contributed by atoms with Gasteiger partial charge in [-0.25, -0.2) is 9.67 Å². The lowest BCUT2D eigenvalue weighted by atomic mass is 10.0. The second-order valence-electron chi connectivity index (χ2n) is 5.47. The van der Waals surface area contributed by atoms with Crippen LogP contribution in [-0.4, -0.2) is 26.3 Å². The summed E-state index contributed by atoms with van der Waals surface area (Å²) in [6, 6.07) is 12.2. The van der Waals surface area contributed by atoms with Crippen LogP contribution in [0.3, 0.4) is 0 Å². The van der Waals surface area contributed by atoms with Gasteiger partial charge in [0.1, 0.15) is 0 Å². The van der Waals surface area contributed by atoms with Crippen LogP contribution < -0.4 is 5.73 Å². The number of nitrogens with zero attached hydrogens (tertiary/aromatic N) is 3. The molecule has 0 radical (unpaired) electrons. The Balaban J connectivity index is 1.74. The van der Waals surface area contributed by atoms with Crippen LogP contribution in [0.4, 0.5) is 0 Å². The lowest BCUT2D eigenvalue weighted by Gasteiger charge is -2.01. The number of benzene rings is 1. The molecule has 0 aliphatic rings. The molecule has 3 heterocycles. The summed E-state index contributed by atoms with van der Waals surface area (Å²) >= 11 is 0. The minimum Gasteiger partial charge on any atom is -0.361 e. The summed E-state index contributed by atoms with van der Waals surface area (Å²) in [4.78, 5) is 7.61. The predicted octanol–water partition coefficient (Wildman–Crippen LogP) is 2.92. The van der Waals surface area contributed by atoms with Crippen LogP contribution in [0.5, 0.6) is 0 Å². The monoisotopic (exact) mass is 303 g/mol. The lowest BCUT2D eigenvalue weighted by Crippen LogP contribution is -2.01. The first-order valence-corrected chi connectivity index (χ1v) is 7.62. The first kappa shape index (κ1) is 13.7. The van der Waals surface area contributed by atoms with Gasteiger partial charge in [-0.05, 0) is 48.4 Å². The Morgan fingerprint density at radius 2 is 2.09 bits per heavy atom. The Morgan fingerprint density at radius 1 is 1.13 bits per heavy atom. The van der Waals surface area contributed by atoms with Crippen molar-refractivity contribution in [3.8, 4) is 16.9 Å². The molecule has 0 unspecified atom stereocenters. The highest BCUT2D eigenvalue weighted by Gasteiger charge is 2.08. The van der Waals surface area contributed by atoms with Gasteiger partial charge in [-0.3, -0.25) is 0 Å². The van der Waals surface area contributed by atoms with Crippen LogP contribution in [0.25, 0.3) is 27.8 Å². The zero-order chi connectivity index (χ0) is 15.6. The van der Waals surface area contributed by atoms with Gasteiger partial charge in [0.05, 0.1) is 6.20 Å². The van der Waals surface area contributed by atoms with Gasteiger partial charge in [-0.1, -0.05) is 12.1 Å². The maximum atomic E-state index is 5.69. The number of aromatic amines is 1. The normalized spacial score (nSPS) is 11.2. The lowest BCUT2D eigenvalue weighted by molar-refractivity contribution is 0.847. The molecular weight excluding hydrogens is 286 g/mol. The largest absolute Gasteiger partial charge is 0.361 e. The average molecular weight is 303 g/mol. The molecule has 0 bridgehead atoms. The third-order valence-corrected chi connectivity index (χ3v) is 3.98. The molecule has 23 heavy (non-hydrogen) atoms. The molecule has 0 atom stereocenters. The van der Waals surface area contributed by atoms with E-state index in [0.29, 0.717) is 6.54 Å². The van der Waals surface area contributed by atoms with Gasteiger partial charge in [-0.15, -0.1) is 0 Å². The van der Waals surface area contributed by atoms with Gasteiger partial charge in [0.2, 0.25) is 0 Å². The molecular formula is C18H17N5. The van der Waals surface area contributed by atoms with Crippen LogP contribution >= 0.6 is 0 Å². The van der Waals surface area contributed by atoms with Crippen molar-refractivity contribution in [3.05, 3.63) is 66.7 Å². The van der Waals surface area contributed by atoms with E-state index in [1.807, 2.05) is 36.8 Å². The summed E-state index contributed by atoms with van der Waals surface area (Å²) in [5, 5.41) is 5.64. The van der Waals surface area contributed by atoms with E-state index in [2.05, 4.69) is 33.3 Å². The van der Waals surface area contributed by atoms with Gasteiger partial charge < -0.3 is 10.7 Å². The molecule has 0 amide bonds. The van der Waals surface area contributed by atoms with Crippen molar-refractivity contribution in [2.45, 2.75) is 6.42 Å². The summed E-state index contributed by atoms with van der Waals surface area (Å²) in [6.45, 7) is 0.648. The zero-order valence-electron chi connectivity index (χ0n) is 12.6. The Hall–Kier alpha value is -2.92. The number of hydrogen-bond donors (Lipinski definition) is 2. The van der Waals surface area contributed by atoms with Crippen LogP contribution in [-0.2, 0) is 6.42 Å². The summed E-state index contributed by atoms with van der Waals surface area (Å²) in [6.07, 6.45) is 8.54. The predicted molar refractivity (Wildman–Crippen MR) is 91.4 cm³/mol. The Kier molecular flexibility index (Phi) is 3.40. The SMILES string of the molecule is NCCc1c[nH]c2ccc(-c3cnn(-c4ccccn4)c3)cc12. The van der Waals surface area contributed by atoms with Gasteiger partial charge in [0.25, 0.3) is 0 Å². The molecule has 5 nitrogen and oxygen atoms in total. The standard InChI is InChI=1S/C18H17N5/c19-7-6-14-10-21-17-5-4-13(9-16(14)17)15-11-22-23(12-15)18-3-1-2-8-20-18/h1-5,8-12,21H,6-7,19H2. The molecule has 3 N–H and O–H groups in total. The summed E-state index contributed by atoms with van der Waals surface area (Å²) in [7, 11) is 0.